The lowest BCUT2D eigenvalue weighted by molar-refractivity contribution is -0.140. The van der Waals surface area contributed by atoms with E-state index in [2.05, 4.69) is 5.73 Å². The van der Waals surface area contributed by atoms with E-state index in [1.54, 1.807) is 13.8 Å². The number of hydrogen-bond donors (Lipinski definition) is 5. The van der Waals surface area contributed by atoms with Crippen molar-refractivity contribution in [3.63, 3.8) is 0 Å². The van der Waals surface area contributed by atoms with Crippen molar-refractivity contribution in [1.82, 2.24) is 0 Å². The molecule has 1 amide bonds. The molecule has 0 aromatic rings. The Balaban J connectivity index is 0. The van der Waals surface area contributed by atoms with Gasteiger partial charge in [-0.2, -0.15) is 0 Å². The number of carbonyl (C=O) groups excluding carboxylic acids is 1. The Morgan fingerprint density at radius 3 is 1.53 bits per heavy atom. The first-order valence-electron chi connectivity index (χ1n) is 4.84. The Morgan fingerprint density at radius 1 is 1.06 bits per heavy atom. The Morgan fingerprint density at radius 2 is 1.47 bits per heavy atom. The van der Waals surface area contributed by atoms with Crippen LogP contribution in [-0.4, -0.2) is 40.1 Å². The summed E-state index contributed by atoms with van der Waals surface area (Å²) in [6.07, 6.45) is -0.310. The Labute approximate surface area is 98.8 Å². The van der Waals surface area contributed by atoms with Gasteiger partial charge in [-0.1, -0.05) is 13.8 Å². The maximum atomic E-state index is 10.0. The van der Waals surface area contributed by atoms with Crippen LogP contribution in [0.1, 0.15) is 20.3 Å². The van der Waals surface area contributed by atoms with Crippen molar-refractivity contribution in [3.05, 3.63) is 0 Å². The molecule has 0 saturated carbocycles. The molecule has 0 heterocycles. The van der Waals surface area contributed by atoms with Gasteiger partial charge in [0.05, 0.1) is 6.42 Å². The molecule has 0 aliphatic carbocycles. The minimum absolute atomic E-state index is 0.0208. The van der Waals surface area contributed by atoms with E-state index in [4.69, 9.17) is 21.7 Å². The van der Waals surface area contributed by atoms with E-state index in [1.807, 2.05) is 0 Å². The molecule has 0 radical (unpaired) electrons. The zero-order chi connectivity index (χ0) is 14.2. The summed E-state index contributed by atoms with van der Waals surface area (Å²) in [6, 6.07) is -1.88. The monoisotopic (exact) mass is 249 g/mol. The van der Waals surface area contributed by atoms with Crippen LogP contribution in [0.25, 0.3) is 0 Å². The predicted molar refractivity (Wildman–Crippen MR) is 59.9 cm³/mol. The smallest absolute Gasteiger partial charge is 0.321 e. The highest BCUT2D eigenvalue weighted by Gasteiger charge is 2.14. The number of nitrogens with two attached hydrogens (primary N) is 3. The van der Waals surface area contributed by atoms with Crippen LogP contribution in [0.5, 0.6) is 0 Å². The van der Waals surface area contributed by atoms with Gasteiger partial charge in [0.25, 0.3) is 0 Å². The summed E-state index contributed by atoms with van der Waals surface area (Å²) in [6.45, 7) is 3.55. The highest BCUT2D eigenvalue weighted by molar-refractivity contribution is 5.83. The van der Waals surface area contributed by atoms with Gasteiger partial charge in [-0.05, 0) is 5.92 Å². The molecule has 0 unspecified atom stereocenters. The van der Waals surface area contributed by atoms with Crippen LogP contribution < -0.4 is 17.2 Å². The minimum atomic E-state index is -1.21. The van der Waals surface area contributed by atoms with E-state index in [9.17, 15) is 14.4 Å². The summed E-state index contributed by atoms with van der Waals surface area (Å²) in [5, 5.41) is 16.3. The lowest BCUT2D eigenvalue weighted by Crippen LogP contribution is -2.34. The maximum Gasteiger partial charge on any atom is 0.321 e. The highest BCUT2D eigenvalue weighted by Crippen LogP contribution is 1.96. The van der Waals surface area contributed by atoms with E-state index in [0.717, 1.165) is 0 Å². The Hall–Kier alpha value is -1.67. The van der Waals surface area contributed by atoms with Crippen molar-refractivity contribution in [3.8, 4) is 0 Å². The average molecular weight is 249 g/mol. The van der Waals surface area contributed by atoms with Crippen molar-refractivity contribution in [2.45, 2.75) is 32.4 Å². The molecule has 8 heteroatoms. The maximum absolute atomic E-state index is 10.0. The summed E-state index contributed by atoms with van der Waals surface area (Å²) in [7, 11) is 0. The van der Waals surface area contributed by atoms with Gasteiger partial charge in [0.1, 0.15) is 12.1 Å². The van der Waals surface area contributed by atoms with Crippen LogP contribution in [0.2, 0.25) is 0 Å². The molecule has 0 fully saturated rings. The topological polar surface area (TPSA) is 170 Å². The van der Waals surface area contributed by atoms with Crippen molar-refractivity contribution < 1.29 is 24.6 Å². The third kappa shape index (κ3) is 10.6. The van der Waals surface area contributed by atoms with Gasteiger partial charge >= 0.3 is 11.9 Å². The molecule has 0 saturated heterocycles. The number of carboxylic acids is 2. The second-order valence-corrected chi connectivity index (χ2v) is 3.72. The zero-order valence-electron chi connectivity index (χ0n) is 9.79. The molecule has 2 atom stereocenters. The first-order valence-corrected chi connectivity index (χ1v) is 4.84. The van der Waals surface area contributed by atoms with Crippen LogP contribution >= 0.6 is 0 Å². The number of carbonyl (C=O) groups is 3. The number of hydrogen-bond acceptors (Lipinski definition) is 5. The average Bonchev–Trinajstić information content (AvgIpc) is 2.15. The fraction of sp³-hybridized carbons (Fsp3) is 0.667. The standard InChI is InChI=1S/C5H11NO2.C4H8N2O3/c1-3(2)4(6)5(7)8;5-2(4(8)9)1-3(6)7/h3-4H,6H2,1-2H3,(H,7,8);2H,1,5H2,(H2,6,7)(H,8,9)/t4-;2-/m00/s1. The molecule has 8 nitrogen and oxygen atoms in total. The van der Waals surface area contributed by atoms with Gasteiger partial charge in [-0.25, -0.2) is 0 Å². The third-order valence-corrected chi connectivity index (χ3v) is 1.74. The van der Waals surface area contributed by atoms with Gasteiger partial charge in [0, 0.05) is 0 Å². The molecular formula is C9H19N3O5. The minimum Gasteiger partial charge on any atom is -0.480 e. The summed E-state index contributed by atoms with van der Waals surface area (Å²) in [4.78, 5) is 29.9. The molecule has 0 aliphatic rings. The number of carboxylic acid groups (broad SMARTS) is 2. The predicted octanol–water partition coefficient (Wildman–Crippen LogP) is -1.67. The fourth-order valence-electron chi connectivity index (χ4n) is 0.589. The molecule has 17 heavy (non-hydrogen) atoms. The molecule has 100 valence electrons. The van der Waals surface area contributed by atoms with Crippen LogP contribution in [0, 0.1) is 5.92 Å². The molecule has 0 rings (SSSR count). The summed E-state index contributed by atoms with van der Waals surface area (Å²) in [5.74, 6) is -2.83. The molecule has 0 aromatic heterocycles. The van der Waals surface area contributed by atoms with E-state index >= 15 is 0 Å². The molecule has 8 N–H and O–H groups in total. The second-order valence-electron chi connectivity index (χ2n) is 3.72. The summed E-state index contributed by atoms with van der Waals surface area (Å²) in [5.41, 5.74) is 14.7. The third-order valence-electron chi connectivity index (χ3n) is 1.74. The summed E-state index contributed by atoms with van der Waals surface area (Å²) < 4.78 is 0. The zero-order valence-corrected chi connectivity index (χ0v) is 9.79. The van der Waals surface area contributed by atoms with Crippen molar-refractivity contribution >= 4 is 17.8 Å². The molecule has 0 spiro atoms. The van der Waals surface area contributed by atoms with Crippen molar-refractivity contribution in [1.29, 1.82) is 0 Å². The Kier molecular flexibility index (Phi) is 8.84. The van der Waals surface area contributed by atoms with E-state index in [1.165, 1.54) is 0 Å². The number of rotatable bonds is 5. The number of aliphatic carboxylic acids is 2. The van der Waals surface area contributed by atoms with Crippen LogP contribution in [0.15, 0.2) is 0 Å². The van der Waals surface area contributed by atoms with Crippen LogP contribution in [0.3, 0.4) is 0 Å². The van der Waals surface area contributed by atoms with Gasteiger partial charge in [0.15, 0.2) is 0 Å². The lowest BCUT2D eigenvalue weighted by Gasteiger charge is -2.07. The van der Waals surface area contributed by atoms with Crippen LogP contribution in [-0.2, 0) is 14.4 Å². The van der Waals surface area contributed by atoms with E-state index in [-0.39, 0.29) is 12.3 Å². The second kappa shape index (κ2) is 8.48. The van der Waals surface area contributed by atoms with Gasteiger partial charge in [0.2, 0.25) is 5.91 Å². The first-order chi connectivity index (χ1) is 7.59. The number of primary amides is 1. The molecular weight excluding hydrogens is 230 g/mol. The van der Waals surface area contributed by atoms with Crippen LogP contribution in [0.4, 0.5) is 0 Å². The molecule has 0 aromatic carbocycles. The molecule has 0 aliphatic heterocycles. The summed E-state index contributed by atoms with van der Waals surface area (Å²) >= 11 is 0. The fourth-order valence-corrected chi connectivity index (χ4v) is 0.589. The highest BCUT2D eigenvalue weighted by atomic mass is 16.4. The van der Waals surface area contributed by atoms with Gasteiger partial charge < -0.3 is 27.4 Å². The van der Waals surface area contributed by atoms with Crippen molar-refractivity contribution in [2.75, 3.05) is 0 Å². The first kappa shape index (κ1) is 17.7. The van der Waals surface area contributed by atoms with Gasteiger partial charge in [-0.15, -0.1) is 0 Å². The SMILES string of the molecule is CC(C)[C@H](N)C(=O)O.NC(=O)C[C@H](N)C(=O)O. The number of amides is 1. The Bertz CT molecular complexity index is 280. The normalized spacial score (nSPS) is 13.2. The molecule has 0 bridgehead atoms. The quantitative estimate of drug-likeness (QED) is 0.387. The van der Waals surface area contributed by atoms with Crippen molar-refractivity contribution in [2.24, 2.45) is 23.1 Å². The largest absolute Gasteiger partial charge is 0.480 e. The van der Waals surface area contributed by atoms with E-state index < -0.39 is 29.9 Å². The van der Waals surface area contributed by atoms with E-state index in [0.29, 0.717) is 0 Å². The van der Waals surface area contributed by atoms with Gasteiger partial charge in [-0.3, -0.25) is 14.4 Å². The lowest BCUT2D eigenvalue weighted by atomic mass is 10.1.